The molecule has 4 nitrogen and oxygen atoms in total. The molecule has 0 aliphatic carbocycles. The molecule has 0 saturated carbocycles. The molecule has 0 aliphatic rings. The second-order valence-electron chi connectivity index (χ2n) is 4.40. The van der Waals surface area contributed by atoms with E-state index in [4.69, 9.17) is 4.74 Å². The second kappa shape index (κ2) is 6.33. The standard InChI is InChI=1S/C12H22N2O2S/c1-8(2)14(6-7-16-5)12-13-9(3)11(17-12)10(4)15/h8,10,15H,6-7H2,1-5H3. The molecule has 0 spiro atoms. The molecular weight excluding hydrogens is 236 g/mol. The normalized spacial score (nSPS) is 13.1. The maximum Gasteiger partial charge on any atom is 0.186 e. The summed E-state index contributed by atoms with van der Waals surface area (Å²) in [6.45, 7) is 9.49. The summed E-state index contributed by atoms with van der Waals surface area (Å²) < 4.78 is 5.11. The first-order valence-corrected chi connectivity index (χ1v) is 6.70. The third kappa shape index (κ3) is 3.66. The fourth-order valence-corrected chi connectivity index (χ4v) is 2.83. The van der Waals surface area contributed by atoms with E-state index in [0.717, 1.165) is 22.2 Å². The zero-order valence-electron chi connectivity index (χ0n) is 11.2. The van der Waals surface area contributed by atoms with Crippen molar-refractivity contribution in [2.75, 3.05) is 25.2 Å². The molecular formula is C12H22N2O2S. The Hall–Kier alpha value is -0.650. The number of anilines is 1. The summed E-state index contributed by atoms with van der Waals surface area (Å²) >= 11 is 1.56. The maximum atomic E-state index is 9.64. The van der Waals surface area contributed by atoms with Gasteiger partial charge in [0, 0.05) is 19.7 Å². The van der Waals surface area contributed by atoms with Crippen molar-refractivity contribution in [1.82, 2.24) is 4.98 Å². The molecule has 1 unspecified atom stereocenters. The monoisotopic (exact) mass is 258 g/mol. The number of hydrogen-bond donors (Lipinski definition) is 1. The van der Waals surface area contributed by atoms with Crippen LogP contribution in [0, 0.1) is 6.92 Å². The van der Waals surface area contributed by atoms with Gasteiger partial charge in [-0.2, -0.15) is 0 Å². The van der Waals surface area contributed by atoms with Gasteiger partial charge < -0.3 is 14.7 Å². The number of nitrogens with zero attached hydrogens (tertiary/aromatic N) is 2. The molecule has 5 heteroatoms. The number of ether oxygens (including phenoxy) is 1. The summed E-state index contributed by atoms with van der Waals surface area (Å²) in [5.41, 5.74) is 0.920. The Kier molecular flexibility index (Phi) is 5.36. The lowest BCUT2D eigenvalue weighted by atomic mass is 10.3. The number of rotatable bonds is 6. The van der Waals surface area contributed by atoms with Gasteiger partial charge >= 0.3 is 0 Å². The summed E-state index contributed by atoms with van der Waals surface area (Å²) in [5, 5.41) is 10.6. The summed E-state index contributed by atoms with van der Waals surface area (Å²) in [7, 11) is 1.70. The minimum Gasteiger partial charge on any atom is -0.388 e. The fourth-order valence-electron chi connectivity index (χ4n) is 1.67. The van der Waals surface area contributed by atoms with Crippen LogP contribution in [-0.4, -0.2) is 36.4 Å². The summed E-state index contributed by atoms with van der Waals surface area (Å²) in [4.78, 5) is 7.68. The van der Waals surface area contributed by atoms with Crippen molar-refractivity contribution >= 4 is 16.5 Å². The average molecular weight is 258 g/mol. The van der Waals surface area contributed by atoms with Gasteiger partial charge in [0.05, 0.1) is 23.3 Å². The molecule has 17 heavy (non-hydrogen) atoms. The Morgan fingerprint density at radius 3 is 2.47 bits per heavy atom. The van der Waals surface area contributed by atoms with Crippen LogP contribution in [0.4, 0.5) is 5.13 Å². The lowest BCUT2D eigenvalue weighted by Crippen LogP contribution is -2.33. The van der Waals surface area contributed by atoms with Crippen LogP contribution in [0.5, 0.6) is 0 Å². The van der Waals surface area contributed by atoms with Gasteiger partial charge in [0.15, 0.2) is 5.13 Å². The minimum atomic E-state index is -0.447. The fraction of sp³-hybridized carbons (Fsp3) is 0.750. The molecule has 1 N–H and O–H groups in total. The van der Waals surface area contributed by atoms with E-state index in [1.807, 2.05) is 6.92 Å². The molecule has 0 saturated heterocycles. The highest BCUT2D eigenvalue weighted by Crippen LogP contribution is 2.31. The Labute approximate surface area is 107 Å². The molecule has 0 aliphatic heterocycles. The minimum absolute atomic E-state index is 0.373. The van der Waals surface area contributed by atoms with Crippen molar-refractivity contribution in [1.29, 1.82) is 0 Å². The van der Waals surface area contributed by atoms with Crippen molar-refractivity contribution in [3.8, 4) is 0 Å². The van der Waals surface area contributed by atoms with Crippen molar-refractivity contribution in [2.45, 2.75) is 39.8 Å². The maximum absolute atomic E-state index is 9.64. The quantitative estimate of drug-likeness (QED) is 0.851. The van der Waals surface area contributed by atoms with Crippen molar-refractivity contribution in [2.24, 2.45) is 0 Å². The van der Waals surface area contributed by atoms with E-state index in [9.17, 15) is 5.11 Å². The molecule has 0 amide bonds. The van der Waals surface area contributed by atoms with Gasteiger partial charge in [0.2, 0.25) is 0 Å². The topological polar surface area (TPSA) is 45.6 Å². The first-order valence-electron chi connectivity index (χ1n) is 5.88. The lowest BCUT2D eigenvalue weighted by molar-refractivity contribution is 0.202. The molecule has 0 bridgehead atoms. The van der Waals surface area contributed by atoms with E-state index in [1.54, 1.807) is 25.4 Å². The van der Waals surface area contributed by atoms with E-state index in [2.05, 4.69) is 23.7 Å². The zero-order chi connectivity index (χ0) is 13.0. The van der Waals surface area contributed by atoms with Crippen molar-refractivity contribution in [3.05, 3.63) is 10.6 Å². The zero-order valence-corrected chi connectivity index (χ0v) is 12.0. The van der Waals surface area contributed by atoms with Gasteiger partial charge in [-0.3, -0.25) is 0 Å². The van der Waals surface area contributed by atoms with Gasteiger partial charge in [0.1, 0.15) is 0 Å². The van der Waals surface area contributed by atoms with Gasteiger partial charge in [-0.25, -0.2) is 4.98 Å². The Balaban J connectivity index is 2.90. The first kappa shape index (κ1) is 14.4. The summed E-state index contributed by atoms with van der Waals surface area (Å²) in [6.07, 6.45) is -0.447. The number of aliphatic hydroxyl groups excluding tert-OH is 1. The number of hydrogen-bond acceptors (Lipinski definition) is 5. The largest absolute Gasteiger partial charge is 0.388 e. The van der Waals surface area contributed by atoms with E-state index in [0.29, 0.717) is 12.6 Å². The van der Waals surface area contributed by atoms with Crippen molar-refractivity contribution in [3.63, 3.8) is 0 Å². The highest BCUT2D eigenvalue weighted by molar-refractivity contribution is 7.15. The highest BCUT2D eigenvalue weighted by Gasteiger charge is 2.18. The molecule has 0 radical (unpaired) electrons. The number of aliphatic hydroxyl groups is 1. The number of methoxy groups -OCH3 is 1. The molecule has 1 rings (SSSR count). The molecule has 1 heterocycles. The third-order valence-electron chi connectivity index (χ3n) is 2.61. The predicted octanol–water partition coefficient (Wildman–Crippen LogP) is 2.37. The summed E-state index contributed by atoms with van der Waals surface area (Å²) in [6, 6.07) is 0.373. The number of aromatic nitrogens is 1. The van der Waals surface area contributed by atoms with Gasteiger partial charge in [0.25, 0.3) is 0 Å². The van der Waals surface area contributed by atoms with E-state index >= 15 is 0 Å². The number of aryl methyl sites for hydroxylation is 1. The van der Waals surface area contributed by atoms with Crippen LogP contribution in [0.25, 0.3) is 0 Å². The van der Waals surface area contributed by atoms with E-state index in [1.165, 1.54) is 0 Å². The Morgan fingerprint density at radius 2 is 2.06 bits per heavy atom. The lowest BCUT2D eigenvalue weighted by Gasteiger charge is -2.25. The highest BCUT2D eigenvalue weighted by atomic mass is 32.1. The van der Waals surface area contributed by atoms with E-state index in [-0.39, 0.29) is 0 Å². The third-order valence-corrected chi connectivity index (χ3v) is 3.97. The van der Waals surface area contributed by atoms with Gasteiger partial charge in [-0.15, -0.1) is 0 Å². The molecule has 1 atom stereocenters. The average Bonchev–Trinajstić information content (AvgIpc) is 2.60. The van der Waals surface area contributed by atoms with Gasteiger partial charge in [-0.05, 0) is 27.7 Å². The van der Waals surface area contributed by atoms with Gasteiger partial charge in [-0.1, -0.05) is 11.3 Å². The molecule has 0 fully saturated rings. The second-order valence-corrected chi connectivity index (χ2v) is 5.41. The van der Waals surface area contributed by atoms with Crippen LogP contribution >= 0.6 is 11.3 Å². The Morgan fingerprint density at radius 1 is 1.41 bits per heavy atom. The first-order chi connectivity index (χ1) is 7.97. The molecule has 0 aromatic carbocycles. The molecule has 98 valence electrons. The molecule has 1 aromatic heterocycles. The number of thiazole rings is 1. The van der Waals surface area contributed by atoms with Crippen molar-refractivity contribution < 1.29 is 9.84 Å². The van der Waals surface area contributed by atoms with Crippen LogP contribution in [0.3, 0.4) is 0 Å². The van der Waals surface area contributed by atoms with Crippen LogP contribution < -0.4 is 4.90 Å². The van der Waals surface area contributed by atoms with Crippen LogP contribution in [0.15, 0.2) is 0 Å². The summed E-state index contributed by atoms with van der Waals surface area (Å²) in [5.74, 6) is 0. The smallest absolute Gasteiger partial charge is 0.186 e. The van der Waals surface area contributed by atoms with Crippen LogP contribution in [-0.2, 0) is 4.74 Å². The Bertz CT molecular complexity index is 350. The van der Waals surface area contributed by atoms with Crippen LogP contribution in [0.1, 0.15) is 37.4 Å². The van der Waals surface area contributed by atoms with E-state index < -0.39 is 6.10 Å². The predicted molar refractivity (Wildman–Crippen MR) is 71.8 cm³/mol. The molecule has 1 aromatic rings. The SMILES string of the molecule is COCCN(c1nc(C)c(C(C)O)s1)C(C)C. The van der Waals surface area contributed by atoms with Crippen LogP contribution in [0.2, 0.25) is 0 Å².